The number of rotatable bonds is 6. The van der Waals surface area contributed by atoms with Gasteiger partial charge in [0.25, 0.3) is 10.1 Å². The molecule has 0 heterocycles. The molecular weight excluding hydrogens is 281 g/mol. The first kappa shape index (κ1) is 16.0. The van der Waals surface area contributed by atoms with Crippen LogP contribution in [-0.4, -0.2) is 19.1 Å². The van der Waals surface area contributed by atoms with Crippen molar-refractivity contribution < 1.29 is 26.1 Å². The monoisotopic (exact) mass is 296 g/mol. The minimum atomic E-state index is -4.32. The van der Waals surface area contributed by atoms with Crippen LogP contribution in [0, 0.1) is 0 Å². The molecule has 1 aromatic carbocycles. The summed E-state index contributed by atoms with van der Waals surface area (Å²) in [7, 11) is -4.32. The average Bonchev–Trinajstić information content (AvgIpc) is 2.26. The fourth-order valence-electron chi connectivity index (χ4n) is 1.81. The third-order valence-electron chi connectivity index (χ3n) is 2.71. The van der Waals surface area contributed by atoms with Crippen LogP contribution in [0.5, 0.6) is 0 Å². The molecule has 0 fully saturated rings. The molecule has 19 heavy (non-hydrogen) atoms. The fourth-order valence-corrected chi connectivity index (χ4v) is 2.78. The van der Waals surface area contributed by atoms with E-state index in [-0.39, 0.29) is 19.3 Å². The van der Waals surface area contributed by atoms with E-state index in [1.807, 2.05) is 0 Å². The van der Waals surface area contributed by atoms with Crippen LogP contribution in [0.4, 0.5) is 13.2 Å². The number of hydrogen-bond acceptors (Lipinski definition) is 2. The van der Waals surface area contributed by atoms with Crippen LogP contribution in [0.3, 0.4) is 0 Å². The smallest absolute Gasteiger partial charge is 0.285 e. The maximum atomic E-state index is 12.0. The van der Waals surface area contributed by atoms with Crippen molar-refractivity contribution in [2.45, 2.75) is 37.1 Å². The predicted octanol–water partition coefficient (Wildman–Crippen LogP) is 3.74. The number of benzene rings is 1. The molecule has 0 spiro atoms. The highest BCUT2D eigenvalue weighted by molar-refractivity contribution is 7.86. The number of halogens is 3. The lowest BCUT2D eigenvalue weighted by Gasteiger charge is -2.14. The van der Waals surface area contributed by atoms with Gasteiger partial charge in [-0.1, -0.05) is 36.8 Å². The zero-order valence-corrected chi connectivity index (χ0v) is 10.9. The third-order valence-corrected chi connectivity index (χ3v) is 3.93. The van der Waals surface area contributed by atoms with Crippen molar-refractivity contribution in [1.29, 1.82) is 0 Å². The summed E-state index contributed by atoms with van der Waals surface area (Å²) in [6.45, 7) is 0. The Labute approximate surface area is 110 Å². The van der Waals surface area contributed by atoms with Crippen LogP contribution >= 0.6 is 0 Å². The van der Waals surface area contributed by atoms with Crippen molar-refractivity contribution >= 4 is 10.1 Å². The van der Waals surface area contributed by atoms with Gasteiger partial charge in [-0.2, -0.15) is 21.6 Å². The van der Waals surface area contributed by atoms with Gasteiger partial charge in [0.2, 0.25) is 0 Å². The highest BCUT2D eigenvalue weighted by atomic mass is 32.2. The molecule has 1 N–H and O–H groups in total. The first-order chi connectivity index (χ1) is 8.70. The van der Waals surface area contributed by atoms with Gasteiger partial charge in [0.1, 0.15) is 5.25 Å². The Morgan fingerprint density at radius 1 is 1.11 bits per heavy atom. The quantitative estimate of drug-likeness (QED) is 0.642. The molecule has 3 nitrogen and oxygen atoms in total. The minimum Gasteiger partial charge on any atom is -0.285 e. The van der Waals surface area contributed by atoms with Gasteiger partial charge in [0, 0.05) is 6.42 Å². The highest BCUT2D eigenvalue weighted by Gasteiger charge is 2.28. The second kappa shape index (κ2) is 6.38. The fraction of sp³-hybridized carbons (Fsp3) is 0.500. The van der Waals surface area contributed by atoms with Gasteiger partial charge in [-0.15, -0.1) is 0 Å². The molecule has 0 bridgehead atoms. The first-order valence-electron chi connectivity index (χ1n) is 5.78. The molecule has 7 heteroatoms. The predicted molar refractivity (Wildman–Crippen MR) is 65.3 cm³/mol. The van der Waals surface area contributed by atoms with E-state index in [4.69, 9.17) is 4.55 Å². The largest absolute Gasteiger partial charge is 0.389 e. The number of unbranched alkanes of at least 4 members (excludes halogenated alkanes) is 1. The Morgan fingerprint density at radius 2 is 1.68 bits per heavy atom. The summed E-state index contributed by atoms with van der Waals surface area (Å²) >= 11 is 0. The summed E-state index contributed by atoms with van der Waals surface area (Å²) in [6.07, 6.45) is -5.28. The summed E-state index contributed by atoms with van der Waals surface area (Å²) in [5, 5.41) is -1.16. The zero-order valence-electron chi connectivity index (χ0n) is 10.1. The Morgan fingerprint density at radius 3 is 2.16 bits per heavy atom. The summed E-state index contributed by atoms with van der Waals surface area (Å²) < 4.78 is 67.6. The molecule has 0 aliphatic heterocycles. The SMILES string of the molecule is O=S(=O)(O)C(CCCCC(F)(F)F)c1ccccc1. The summed E-state index contributed by atoms with van der Waals surface area (Å²) in [5.41, 5.74) is 0.386. The first-order valence-corrected chi connectivity index (χ1v) is 7.28. The van der Waals surface area contributed by atoms with E-state index in [0.717, 1.165) is 0 Å². The van der Waals surface area contributed by atoms with E-state index in [9.17, 15) is 21.6 Å². The molecule has 0 radical (unpaired) electrons. The van der Waals surface area contributed by atoms with Gasteiger partial charge in [0.05, 0.1) is 0 Å². The summed E-state index contributed by atoms with van der Waals surface area (Å²) in [5.74, 6) is 0. The van der Waals surface area contributed by atoms with Crippen LogP contribution in [0.1, 0.15) is 36.5 Å². The van der Waals surface area contributed by atoms with E-state index in [0.29, 0.717) is 5.56 Å². The third kappa shape index (κ3) is 6.07. The second-order valence-electron chi connectivity index (χ2n) is 4.28. The maximum Gasteiger partial charge on any atom is 0.389 e. The average molecular weight is 296 g/mol. The lowest BCUT2D eigenvalue weighted by molar-refractivity contribution is -0.135. The van der Waals surface area contributed by atoms with Gasteiger partial charge in [-0.3, -0.25) is 4.55 Å². The standard InChI is InChI=1S/C12H15F3O3S/c13-12(14,15)9-5-4-8-11(19(16,17)18)10-6-2-1-3-7-10/h1-3,6-7,11H,4-5,8-9H2,(H,16,17,18). The maximum absolute atomic E-state index is 12.0. The van der Waals surface area contributed by atoms with Crippen molar-refractivity contribution in [3.8, 4) is 0 Å². The van der Waals surface area contributed by atoms with Crippen LogP contribution in [0.25, 0.3) is 0 Å². The van der Waals surface area contributed by atoms with Crippen LogP contribution in [-0.2, 0) is 10.1 Å². The molecule has 0 saturated carbocycles. The molecule has 0 aromatic heterocycles. The van der Waals surface area contributed by atoms with Crippen molar-refractivity contribution in [3.05, 3.63) is 35.9 Å². The second-order valence-corrected chi connectivity index (χ2v) is 5.87. The van der Waals surface area contributed by atoms with Crippen molar-refractivity contribution in [1.82, 2.24) is 0 Å². The van der Waals surface area contributed by atoms with E-state index < -0.39 is 28.0 Å². The van der Waals surface area contributed by atoms with E-state index >= 15 is 0 Å². The molecule has 0 saturated heterocycles. The van der Waals surface area contributed by atoms with Gasteiger partial charge in [-0.05, 0) is 18.4 Å². The number of alkyl halides is 3. The molecule has 108 valence electrons. The molecule has 0 aliphatic carbocycles. The van der Waals surface area contributed by atoms with Gasteiger partial charge >= 0.3 is 6.18 Å². The molecule has 1 atom stereocenters. The van der Waals surface area contributed by atoms with Crippen LogP contribution in [0.15, 0.2) is 30.3 Å². The summed E-state index contributed by atoms with van der Waals surface area (Å²) in [6, 6.07) is 7.98. The normalized spacial score (nSPS) is 14.3. The Kier molecular flexibility index (Phi) is 5.37. The summed E-state index contributed by atoms with van der Waals surface area (Å²) in [4.78, 5) is 0. The molecule has 1 unspecified atom stereocenters. The van der Waals surface area contributed by atoms with E-state index in [1.54, 1.807) is 18.2 Å². The molecule has 1 rings (SSSR count). The lowest BCUT2D eigenvalue weighted by Crippen LogP contribution is -2.13. The Bertz CT molecular complexity index is 483. The van der Waals surface area contributed by atoms with Crippen molar-refractivity contribution in [3.63, 3.8) is 0 Å². The van der Waals surface area contributed by atoms with Gasteiger partial charge in [0.15, 0.2) is 0 Å². The topological polar surface area (TPSA) is 54.4 Å². The van der Waals surface area contributed by atoms with Gasteiger partial charge in [-0.25, -0.2) is 0 Å². The van der Waals surface area contributed by atoms with Crippen molar-refractivity contribution in [2.24, 2.45) is 0 Å². The zero-order chi connectivity index (χ0) is 14.5. The highest BCUT2D eigenvalue weighted by Crippen LogP contribution is 2.29. The lowest BCUT2D eigenvalue weighted by atomic mass is 10.1. The van der Waals surface area contributed by atoms with E-state index in [2.05, 4.69) is 0 Å². The van der Waals surface area contributed by atoms with Gasteiger partial charge < -0.3 is 0 Å². The Balaban J connectivity index is 2.64. The molecular formula is C12H15F3O3S. The van der Waals surface area contributed by atoms with Crippen molar-refractivity contribution in [2.75, 3.05) is 0 Å². The molecule has 0 amide bonds. The van der Waals surface area contributed by atoms with E-state index in [1.165, 1.54) is 12.1 Å². The van der Waals surface area contributed by atoms with Crippen LogP contribution < -0.4 is 0 Å². The van der Waals surface area contributed by atoms with Crippen LogP contribution in [0.2, 0.25) is 0 Å². The Hall–Kier alpha value is -1.08. The molecule has 0 aliphatic rings. The molecule has 1 aromatic rings. The minimum absolute atomic E-state index is 0.0288. The number of hydrogen-bond donors (Lipinski definition) is 1.